The van der Waals surface area contributed by atoms with E-state index in [9.17, 15) is 0 Å². The van der Waals surface area contributed by atoms with Crippen molar-refractivity contribution >= 4 is 11.6 Å². The summed E-state index contributed by atoms with van der Waals surface area (Å²) in [5.74, 6) is 0.912. The maximum absolute atomic E-state index is 6.43. The molecule has 1 atom stereocenters. The third-order valence-corrected chi connectivity index (χ3v) is 5.54. The summed E-state index contributed by atoms with van der Waals surface area (Å²) in [6.45, 7) is 3.10. The fraction of sp³-hybridized carbons (Fsp3) is 0.400. The van der Waals surface area contributed by atoms with Gasteiger partial charge in [-0.05, 0) is 36.6 Å². The van der Waals surface area contributed by atoms with Gasteiger partial charge in [-0.15, -0.1) is 0 Å². The van der Waals surface area contributed by atoms with Crippen molar-refractivity contribution in [2.24, 2.45) is 5.73 Å². The van der Waals surface area contributed by atoms with Gasteiger partial charge in [-0.25, -0.2) is 0 Å². The summed E-state index contributed by atoms with van der Waals surface area (Å²) in [4.78, 5) is 2.51. The van der Waals surface area contributed by atoms with E-state index in [0.29, 0.717) is 0 Å². The third-order valence-electron chi connectivity index (χ3n) is 5.31. The number of likely N-dealkylation sites (tertiary alicyclic amines) is 1. The highest BCUT2D eigenvalue weighted by molar-refractivity contribution is 6.30. The standard InChI is InChI=1S/C20H23ClN2O/c21-16-6-7-19-17(12-16)18(22)13-20(24-19)8-10-23(11-9-20)14-15-4-2-1-3-5-15/h1-7,12,18H,8-11,13-14,22H2/t18-/m1/s1. The maximum atomic E-state index is 6.43. The van der Waals surface area contributed by atoms with Gasteiger partial charge in [-0.1, -0.05) is 41.9 Å². The molecule has 24 heavy (non-hydrogen) atoms. The molecule has 2 heterocycles. The average molecular weight is 343 g/mol. The van der Waals surface area contributed by atoms with E-state index >= 15 is 0 Å². The Kier molecular flexibility index (Phi) is 4.25. The first kappa shape index (κ1) is 15.9. The number of ether oxygens (including phenoxy) is 1. The van der Waals surface area contributed by atoms with Crippen molar-refractivity contribution in [2.75, 3.05) is 13.1 Å². The predicted octanol–water partition coefficient (Wildman–Crippen LogP) is 4.16. The fourth-order valence-electron chi connectivity index (χ4n) is 3.95. The van der Waals surface area contributed by atoms with E-state index in [4.69, 9.17) is 22.1 Å². The van der Waals surface area contributed by atoms with Gasteiger partial charge < -0.3 is 10.5 Å². The molecule has 0 aliphatic carbocycles. The Balaban J connectivity index is 1.44. The molecule has 2 aromatic rings. The van der Waals surface area contributed by atoms with Crippen LogP contribution in [0.5, 0.6) is 5.75 Å². The van der Waals surface area contributed by atoms with Crippen molar-refractivity contribution in [3.05, 3.63) is 64.7 Å². The van der Waals surface area contributed by atoms with E-state index in [1.165, 1.54) is 5.56 Å². The Morgan fingerprint density at radius 3 is 2.62 bits per heavy atom. The quantitative estimate of drug-likeness (QED) is 0.890. The molecule has 1 fully saturated rings. The number of nitrogens with two attached hydrogens (primary N) is 1. The van der Waals surface area contributed by atoms with Crippen molar-refractivity contribution < 1.29 is 4.74 Å². The SMILES string of the molecule is N[C@@H]1CC2(CCN(Cc3ccccc3)CC2)Oc2ccc(Cl)cc21. The first-order valence-electron chi connectivity index (χ1n) is 8.64. The van der Waals surface area contributed by atoms with Crippen LogP contribution in [0.4, 0.5) is 0 Å². The second-order valence-corrected chi connectivity index (χ2v) is 7.48. The van der Waals surface area contributed by atoms with Crippen LogP contribution in [0, 0.1) is 0 Å². The molecule has 0 radical (unpaired) electrons. The monoisotopic (exact) mass is 342 g/mol. The van der Waals surface area contributed by atoms with Crippen molar-refractivity contribution in [3.8, 4) is 5.75 Å². The molecule has 0 aromatic heterocycles. The summed E-state index contributed by atoms with van der Waals surface area (Å²) in [7, 11) is 0. The molecular weight excluding hydrogens is 320 g/mol. The molecule has 4 rings (SSSR count). The zero-order chi connectivity index (χ0) is 16.6. The van der Waals surface area contributed by atoms with Crippen LogP contribution in [0.1, 0.15) is 36.4 Å². The van der Waals surface area contributed by atoms with Gasteiger partial charge in [0.25, 0.3) is 0 Å². The molecule has 0 saturated carbocycles. The minimum atomic E-state index is -0.118. The molecule has 2 aliphatic rings. The van der Waals surface area contributed by atoms with E-state index in [0.717, 1.165) is 55.2 Å². The first-order valence-corrected chi connectivity index (χ1v) is 9.02. The maximum Gasteiger partial charge on any atom is 0.125 e. The van der Waals surface area contributed by atoms with E-state index in [2.05, 4.69) is 35.2 Å². The van der Waals surface area contributed by atoms with E-state index in [-0.39, 0.29) is 11.6 Å². The Morgan fingerprint density at radius 2 is 1.88 bits per heavy atom. The van der Waals surface area contributed by atoms with Crippen molar-refractivity contribution in [1.82, 2.24) is 4.90 Å². The summed E-state index contributed by atoms with van der Waals surface area (Å²) in [5, 5.41) is 0.724. The largest absolute Gasteiger partial charge is 0.487 e. The summed E-state index contributed by atoms with van der Waals surface area (Å²) < 4.78 is 6.42. The molecule has 2 N–H and O–H groups in total. The van der Waals surface area contributed by atoms with E-state index in [1.54, 1.807) is 0 Å². The Labute approximate surface area is 148 Å². The van der Waals surface area contributed by atoms with Crippen LogP contribution in [0.25, 0.3) is 0 Å². The lowest BCUT2D eigenvalue weighted by Crippen LogP contribution is -2.51. The van der Waals surface area contributed by atoms with E-state index < -0.39 is 0 Å². The van der Waals surface area contributed by atoms with Gasteiger partial charge in [0, 0.05) is 42.7 Å². The smallest absolute Gasteiger partial charge is 0.125 e. The summed E-state index contributed by atoms with van der Waals surface area (Å²) in [6, 6.07) is 16.5. The zero-order valence-electron chi connectivity index (χ0n) is 13.7. The molecule has 2 aromatic carbocycles. The Morgan fingerprint density at radius 1 is 1.12 bits per heavy atom. The number of halogens is 1. The third kappa shape index (κ3) is 3.16. The average Bonchev–Trinajstić information content (AvgIpc) is 2.59. The Bertz CT molecular complexity index is 711. The lowest BCUT2D eigenvalue weighted by Gasteiger charge is -2.46. The second kappa shape index (κ2) is 6.40. The fourth-order valence-corrected chi connectivity index (χ4v) is 4.13. The number of hydrogen-bond donors (Lipinski definition) is 1. The molecule has 0 unspecified atom stereocenters. The van der Waals surface area contributed by atoms with Crippen LogP contribution in [0.3, 0.4) is 0 Å². The molecule has 1 spiro atoms. The highest BCUT2D eigenvalue weighted by atomic mass is 35.5. The van der Waals surface area contributed by atoms with Crippen LogP contribution in [-0.4, -0.2) is 23.6 Å². The van der Waals surface area contributed by atoms with Gasteiger partial charge >= 0.3 is 0 Å². The predicted molar refractivity (Wildman–Crippen MR) is 97.3 cm³/mol. The van der Waals surface area contributed by atoms with Crippen LogP contribution >= 0.6 is 11.6 Å². The van der Waals surface area contributed by atoms with E-state index in [1.807, 2.05) is 18.2 Å². The molecule has 126 valence electrons. The highest BCUT2D eigenvalue weighted by Gasteiger charge is 2.42. The number of hydrogen-bond acceptors (Lipinski definition) is 3. The number of fused-ring (bicyclic) bond motifs is 1. The number of nitrogens with zero attached hydrogens (tertiary/aromatic N) is 1. The minimum Gasteiger partial charge on any atom is -0.487 e. The van der Waals surface area contributed by atoms with Crippen LogP contribution in [0.2, 0.25) is 5.02 Å². The van der Waals surface area contributed by atoms with Crippen LogP contribution in [0.15, 0.2) is 48.5 Å². The highest BCUT2D eigenvalue weighted by Crippen LogP contribution is 2.44. The molecule has 1 saturated heterocycles. The normalized spacial score (nSPS) is 22.8. The molecule has 2 aliphatic heterocycles. The topological polar surface area (TPSA) is 38.5 Å². The Hall–Kier alpha value is -1.55. The summed E-state index contributed by atoms with van der Waals surface area (Å²) in [6.07, 6.45) is 2.92. The van der Waals surface area contributed by atoms with Gasteiger partial charge in [0.2, 0.25) is 0 Å². The molecule has 0 amide bonds. The van der Waals surface area contributed by atoms with Gasteiger partial charge in [-0.3, -0.25) is 4.90 Å². The molecule has 3 nitrogen and oxygen atoms in total. The first-order chi connectivity index (χ1) is 11.6. The molecule has 4 heteroatoms. The number of rotatable bonds is 2. The van der Waals surface area contributed by atoms with Crippen LogP contribution in [-0.2, 0) is 6.54 Å². The lowest BCUT2D eigenvalue weighted by atomic mass is 9.81. The van der Waals surface area contributed by atoms with Crippen molar-refractivity contribution in [2.45, 2.75) is 37.5 Å². The number of benzene rings is 2. The van der Waals surface area contributed by atoms with Gasteiger partial charge in [0.1, 0.15) is 11.4 Å². The minimum absolute atomic E-state index is 0.00752. The van der Waals surface area contributed by atoms with Crippen LogP contribution < -0.4 is 10.5 Å². The number of piperidine rings is 1. The van der Waals surface area contributed by atoms with Crippen molar-refractivity contribution in [1.29, 1.82) is 0 Å². The van der Waals surface area contributed by atoms with Gasteiger partial charge in [-0.2, -0.15) is 0 Å². The molecule has 0 bridgehead atoms. The second-order valence-electron chi connectivity index (χ2n) is 7.04. The van der Waals surface area contributed by atoms with Gasteiger partial charge in [0.15, 0.2) is 0 Å². The zero-order valence-corrected chi connectivity index (χ0v) is 14.5. The van der Waals surface area contributed by atoms with Crippen molar-refractivity contribution in [3.63, 3.8) is 0 Å². The lowest BCUT2D eigenvalue weighted by molar-refractivity contribution is -0.0234. The molecular formula is C20H23ClN2O. The summed E-state index contributed by atoms with van der Waals surface area (Å²) >= 11 is 6.10. The summed E-state index contributed by atoms with van der Waals surface area (Å²) in [5.41, 5.74) is 8.72. The van der Waals surface area contributed by atoms with Gasteiger partial charge in [0.05, 0.1) is 0 Å².